The van der Waals surface area contributed by atoms with Crippen LogP contribution in [-0.4, -0.2) is 34.0 Å². The Labute approximate surface area is 202 Å². The number of carboxylic acids is 1. The SMILES string of the molecule is C[C@@]1(Cc2ccccc2Cl)Cc2cc(C(=O)N(CCC(=O)O)Cc3cccc(F)c3)ccc2O1. The van der Waals surface area contributed by atoms with Crippen LogP contribution in [0.2, 0.25) is 5.02 Å². The summed E-state index contributed by atoms with van der Waals surface area (Å²) in [6.07, 6.45) is 1.02. The molecule has 0 fully saturated rings. The number of benzene rings is 3. The summed E-state index contributed by atoms with van der Waals surface area (Å²) in [4.78, 5) is 25.9. The maximum absolute atomic E-state index is 13.6. The summed E-state index contributed by atoms with van der Waals surface area (Å²) in [5.41, 5.74) is 2.43. The molecule has 0 aromatic heterocycles. The molecule has 1 atom stereocenters. The zero-order valence-electron chi connectivity index (χ0n) is 18.8. The number of ether oxygens (including phenoxy) is 1. The van der Waals surface area contributed by atoms with Crippen LogP contribution in [0.3, 0.4) is 0 Å². The monoisotopic (exact) mass is 481 g/mol. The van der Waals surface area contributed by atoms with E-state index in [0.29, 0.717) is 34.7 Å². The lowest BCUT2D eigenvalue weighted by atomic mass is 9.91. The number of aliphatic carboxylic acids is 1. The molecule has 34 heavy (non-hydrogen) atoms. The van der Waals surface area contributed by atoms with Crippen LogP contribution in [0.25, 0.3) is 0 Å². The first-order valence-corrected chi connectivity index (χ1v) is 11.4. The molecule has 3 aromatic rings. The highest BCUT2D eigenvalue weighted by atomic mass is 35.5. The normalized spacial score (nSPS) is 16.6. The van der Waals surface area contributed by atoms with Crippen LogP contribution in [0.4, 0.5) is 4.39 Å². The Morgan fingerprint density at radius 2 is 1.91 bits per heavy atom. The van der Waals surface area contributed by atoms with Gasteiger partial charge in [0.25, 0.3) is 5.91 Å². The van der Waals surface area contributed by atoms with Gasteiger partial charge in [0.05, 0.1) is 6.42 Å². The molecule has 176 valence electrons. The zero-order chi connectivity index (χ0) is 24.3. The molecule has 0 spiro atoms. The summed E-state index contributed by atoms with van der Waals surface area (Å²) in [7, 11) is 0. The van der Waals surface area contributed by atoms with Gasteiger partial charge in [-0.2, -0.15) is 0 Å². The molecule has 1 amide bonds. The second-order valence-electron chi connectivity index (χ2n) is 8.82. The number of rotatable bonds is 8. The highest BCUT2D eigenvalue weighted by Crippen LogP contribution is 2.38. The van der Waals surface area contributed by atoms with Crippen LogP contribution < -0.4 is 4.74 Å². The van der Waals surface area contributed by atoms with Crippen LogP contribution in [0, 0.1) is 5.82 Å². The molecule has 0 aliphatic carbocycles. The largest absolute Gasteiger partial charge is 0.487 e. The second kappa shape index (κ2) is 9.85. The van der Waals surface area contributed by atoms with Crippen molar-refractivity contribution >= 4 is 23.5 Å². The summed E-state index contributed by atoms with van der Waals surface area (Å²) in [5, 5.41) is 9.81. The van der Waals surface area contributed by atoms with Crippen LogP contribution in [-0.2, 0) is 24.2 Å². The highest BCUT2D eigenvalue weighted by Gasteiger charge is 2.36. The lowest BCUT2D eigenvalue weighted by Crippen LogP contribution is -2.33. The fraction of sp³-hybridized carbons (Fsp3) is 0.259. The molecular weight excluding hydrogens is 457 g/mol. The first kappa shape index (κ1) is 23.8. The van der Waals surface area contributed by atoms with Crippen molar-refractivity contribution in [1.29, 1.82) is 0 Å². The average Bonchev–Trinajstić information content (AvgIpc) is 3.12. The van der Waals surface area contributed by atoms with E-state index in [2.05, 4.69) is 0 Å². The summed E-state index contributed by atoms with van der Waals surface area (Å²) < 4.78 is 19.9. The number of carbonyl (C=O) groups is 2. The standard InChI is InChI=1S/C27H25ClFNO4/c1-27(15-20-6-2-3-8-23(20)28)16-21-14-19(9-10-24(21)34-27)26(33)30(12-11-25(31)32)17-18-5-4-7-22(29)13-18/h2-10,13-14H,11-12,15-17H2,1H3,(H,31,32)/t27-/m1/s1. The molecule has 0 unspecified atom stereocenters. The zero-order valence-corrected chi connectivity index (χ0v) is 19.5. The molecular formula is C27H25ClFNO4. The van der Waals surface area contributed by atoms with Gasteiger partial charge < -0.3 is 14.7 Å². The van der Waals surface area contributed by atoms with Crippen molar-refractivity contribution < 1.29 is 23.8 Å². The average molecular weight is 482 g/mol. The van der Waals surface area contributed by atoms with Gasteiger partial charge >= 0.3 is 5.97 Å². The van der Waals surface area contributed by atoms with E-state index in [4.69, 9.17) is 21.4 Å². The van der Waals surface area contributed by atoms with E-state index in [9.17, 15) is 14.0 Å². The third kappa shape index (κ3) is 5.57. The van der Waals surface area contributed by atoms with E-state index in [1.807, 2.05) is 31.2 Å². The van der Waals surface area contributed by atoms with E-state index in [-0.39, 0.29) is 25.4 Å². The number of nitrogens with zero attached hydrogens (tertiary/aromatic N) is 1. The molecule has 3 aromatic carbocycles. The van der Waals surface area contributed by atoms with Gasteiger partial charge in [-0.15, -0.1) is 0 Å². The number of halogens is 2. The predicted molar refractivity (Wildman–Crippen MR) is 128 cm³/mol. The van der Waals surface area contributed by atoms with Crippen molar-refractivity contribution in [2.24, 2.45) is 0 Å². The Hall–Kier alpha value is -3.38. The molecule has 1 N–H and O–H groups in total. The molecule has 4 rings (SSSR count). The minimum absolute atomic E-state index is 0.0164. The Morgan fingerprint density at radius 3 is 2.65 bits per heavy atom. The van der Waals surface area contributed by atoms with E-state index in [0.717, 1.165) is 11.1 Å². The van der Waals surface area contributed by atoms with Crippen molar-refractivity contribution in [2.75, 3.05) is 6.54 Å². The Kier molecular flexibility index (Phi) is 6.89. The van der Waals surface area contributed by atoms with Gasteiger partial charge in [0.15, 0.2) is 0 Å². The number of amides is 1. The molecule has 5 nitrogen and oxygen atoms in total. The van der Waals surface area contributed by atoms with Gasteiger partial charge in [-0.3, -0.25) is 9.59 Å². The van der Waals surface area contributed by atoms with Crippen molar-refractivity contribution in [3.8, 4) is 5.75 Å². The third-order valence-corrected chi connectivity index (χ3v) is 6.26. The maximum Gasteiger partial charge on any atom is 0.305 e. The van der Waals surface area contributed by atoms with E-state index >= 15 is 0 Å². The number of carbonyl (C=O) groups excluding carboxylic acids is 1. The van der Waals surface area contributed by atoms with Gasteiger partial charge in [0.2, 0.25) is 0 Å². The first-order valence-electron chi connectivity index (χ1n) is 11.0. The second-order valence-corrected chi connectivity index (χ2v) is 9.23. The molecule has 1 aliphatic rings. The summed E-state index contributed by atoms with van der Waals surface area (Å²) >= 11 is 6.33. The fourth-order valence-corrected chi connectivity index (χ4v) is 4.52. The summed E-state index contributed by atoms with van der Waals surface area (Å²) in [6, 6.07) is 18.9. The van der Waals surface area contributed by atoms with Crippen molar-refractivity contribution in [1.82, 2.24) is 4.90 Å². The quantitative estimate of drug-likeness (QED) is 0.459. The minimum Gasteiger partial charge on any atom is -0.487 e. The van der Waals surface area contributed by atoms with E-state index in [1.54, 1.807) is 30.3 Å². The van der Waals surface area contributed by atoms with Crippen LogP contribution in [0.5, 0.6) is 5.75 Å². The van der Waals surface area contributed by atoms with Crippen LogP contribution in [0.1, 0.15) is 40.4 Å². The van der Waals surface area contributed by atoms with Gasteiger partial charge in [0, 0.05) is 36.5 Å². The van der Waals surface area contributed by atoms with Gasteiger partial charge in [-0.05, 0) is 60.0 Å². The van der Waals surface area contributed by atoms with Crippen molar-refractivity contribution in [2.45, 2.75) is 38.3 Å². The van der Waals surface area contributed by atoms with Crippen LogP contribution >= 0.6 is 11.6 Å². The smallest absolute Gasteiger partial charge is 0.305 e. The Morgan fingerprint density at radius 1 is 1.12 bits per heavy atom. The molecule has 0 radical (unpaired) electrons. The molecule has 0 saturated heterocycles. The summed E-state index contributed by atoms with van der Waals surface area (Å²) in [5.74, 6) is -1.01. The minimum atomic E-state index is -1.00. The third-order valence-electron chi connectivity index (χ3n) is 5.90. The number of fused-ring (bicyclic) bond motifs is 1. The molecule has 7 heteroatoms. The fourth-order valence-electron chi connectivity index (χ4n) is 4.32. The van der Waals surface area contributed by atoms with Gasteiger partial charge in [-0.25, -0.2) is 4.39 Å². The maximum atomic E-state index is 13.6. The number of hydrogen-bond acceptors (Lipinski definition) is 3. The van der Waals surface area contributed by atoms with E-state index < -0.39 is 17.4 Å². The molecule has 0 bridgehead atoms. The van der Waals surface area contributed by atoms with Crippen molar-refractivity contribution in [3.05, 3.63) is 99.8 Å². The molecule has 1 aliphatic heterocycles. The predicted octanol–water partition coefficient (Wildman–Crippen LogP) is 5.53. The topological polar surface area (TPSA) is 66.8 Å². The van der Waals surface area contributed by atoms with E-state index in [1.165, 1.54) is 17.0 Å². The lowest BCUT2D eigenvalue weighted by Gasteiger charge is -2.24. The Balaban J connectivity index is 1.53. The number of carboxylic acid groups (broad SMARTS) is 1. The highest BCUT2D eigenvalue weighted by molar-refractivity contribution is 6.31. The molecule has 1 heterocycles. The van der Waals surface area contributed by atoms with Gasteiger partial charge in [-0.1, -0.05) is 41.9 Å². The van der Waals surface area contributed by atoms with Crippen LogP contribution in [0.15, 0.2) is 66.7 Å². The van der Waals surface area contributed by atoms with Crippen molar-refractivity contribution in [3.63, 3.8) is 0 Å². The number of hydrogen-bond donors (Lipinski definition) is 1. The molecule has 0 saturated carbocycles. The Bertz CT molecular complexity index is 1230. The summed E-state index contributed by atoms with van der Waals surface area (Å²) in [6.45, 7) is 2.14. The van der Waals surface area contributed by atoms with Gasteiger partial charge in [0.1, 0.15) is 17.2 Å². The first-order chi connectivity index (χ1) is 16.2. The lowest BCUT2D eigenvalue weighted by molar-refractivity contribution is -0.137.